The minimum atomic E-state index is -0.00235. The topological polar surface area (TPSA) is 22.3 Å². The molecule has 1 heterocycles. The van der Waals surface area contributed by atoms with Crippen LogP contribution in [0.25, 0.3) is 17.1 Å². The molecule has 1 aromatic carbocycles. The molecule has 25 heavy (non-hydrogen) atoms. The lowest BCUT2D eigenvalue weighted by atomic mass is 9.78. The van der Waals surface area contributed by atoms with E-state index in [1.165, 1.54) is 22.3 Å². The number of ether oxygens (including phenoxy) is 2. The molecule has 0 spiro atoms. The Morgan fingerprint density at radius 2 is 1.80 bits per heavy atom. The van der Waals surface area contributed by atoms with Crippen molar-refractivity contribution in [3.05, 3.63) is 59.8 Å². The van der Waals surface area contributed by atoms with Crippen molar-refractivity contribution in [2.24, 2.45) is 0 Å². The molecule has 1 aromatic heterocycles. The zero-order valence-corrected chi connectivity index (χ0v) is 16.3. The van der Waals surface area contributed by atoms with Crippen molar-refractivity contribution < 1.29 is 14.0 Å². The Balaban J connectivity index is 2.67. The Morgan fingerprint density at radius 1 is 1.12 bits per heavy atom. The van der Waals surface area contributed by atoms with Gasteiger partial charge in [0, 0.05) is 31.9 Å². The van der Waals surface area contributed by atoms with E-state index in [1.54, 1.807) is 14.2 Å². The van der Waals surface area contributed by atoms with Crippen LogP contribution in [0, 0.1) is 13.8 Å². The number of benzene rings is 1. The van der Waals surface area contributed by atoms with Gasteiger partial charge < -0.3 is 9.47 Å². The molecule has 2 aromatic rings. The second-order valence-electron chi connectivity index (χ2n) is 7.16. The quantitative estimate of drug-likeness (QED) is 0.541. The molecule has 0 bridgehead atoms. The first-order valence-electron chi connectivity index (χ1n) is 8.67. The predicted octanol–water partition coefficient (Wildman–Crippen LogP) is 4.65. The summed E-state index contributed by atoms with van der Waals surface area (Å²) in [7, 11) is 3.41. The summed E-state index contributed by atoms with van der Waals surface area (Å²) in [4.78, 5) is 0. The summed E-state index contributed by atoms with van der Waals surface area (Å²) >= 11 is 0. The Bertz CT molecular complexity index is 763. The molecule has 0 atom stereocenters. The first kappa shape index (κ1) is 19.2. The molecule has 0 amide bonds. The summed E-state index contributed by atoms with van der Waals surface area (Å²) in [5.74, 6) is 0.614. The van der Waals surface area contributed by atoms with Crippen LogP contribution >= 0.6 is 0 Å². The fraction of sp³-hybridized carbons (Fsp3) is 0.409. The molecule has 3 heteroatoms. The fourth-order valence-corrected chi connectivity index (χ4v) is 3.05. The van der Waals surface area contributed by atoms with E-state index in [-0.39, 0.29) is 5.41 Å². The van der Waals surface area contributed by atoms with Gasteiger partial charge in [0.25, 0.3) is 0 Å². The van der Waals surface area contributed by atoms with Gasteiger partial charge in [0.05, 0.1) is 12.7 Å². The maximum Gasteiger partial charge on any atom is 0.366 e. The summed E-state index contributed by atoms with van der Waals surface area (Å²) in [6.07, 6.45) is 3.05. The maximum atomic E-state index is 5.43. The molecule has 0 radical (unpaired) electrons. The van der Waals surface area contributed by atoms with Gasteiger partial charge >= 0.3 is 5.88 Å². The molecule has 134 valence electrons. The van der Waals surface area contributed by atoms with Crippen LogP contribution in [0.15, 0.2) is 43.1 Å². The van der Waals surface area contributed by atoms with Gasteiger partial charge in [-0.25, -0.2) is 0 Å². The van der Waals surface area contributed by atoms with Crippen LogP contribution in [0.1, 0.15) is 37.0 Å². The number of hydrogen-bond acceptors (Lipinski definition) is 2. The molecule has 0 aliphatic heterocycles. The average Bonchev–Trinajstić information content (AvgIpc) is 2.61. The third kappa shape index (κ3) is 4.10. The van der Waals surface area contributed by atoms with Crippen molar-refractivity contribution in [3.8, 4) is 11.3 Å². The summed E-state index contributed by atoms with van der Waals surface area (Å²) in [6.45, 7) is 13.6. The van der Waals surface area contributed by atoms with E-state index in [0.29, 0.717) is 5.88 Å². The van der Waals surface area contributed by atoms with Crippen LogP contribution < -0.4 is 4.57 Å². The van der Waals surface area contributed by atoms with Crippen LogP contribution in [-0.4, -0.2) is 20.8 Å². The van der Waals surface area contributed by atoms with Crippen LogP contribution in [0.3, 0.4) is 0 Å². The van der Waals surface area contributed by atoms with Crippen molar-refractivity contribution in [2.75, 3.05) is 20.8 Å². The van der Waals surface area contributed by atoms with Gasteiger partial charge in [0.15, 0.2) is 6.20 Å². The Morgan fingerprint density at radius 3 is 2.44 bits per heavy atom. The Labute approximate surface area is 151 Å². The highest BCUT2D eigenvalue weighted by Gasteiger charge is 2.28. The van der Waals surface area contributed by atoms with Gasteiger partial charge in [0.2, 0.25) is 5.69 Å². The second kappa shape index (κ2) is 7.83. The van der Waals surface area contributed by atoms with Gasteiger partial charge in [-0.1, -0.05) is 32.0 Å². The lowest BCUT2D eigenvalue weighted by molar-refractivity contribution is -0.589. The number of pyridine rings is 1. The average molecular weight is 340 g/mol. The van der Waals surface area contributed by atoms with Crippen molar-refractivity contribution in [1.29, 1.82) is 0 Å². The van der Waals surface area contributed by atoms with Crippen molar-refractivity contribution in [2.45, 2.75) is 39.5 Å². The van der Waals surface area contributed by atoms with E-state index in [1.807, 2.05) is 4.57 Å². The second-order valence-corrected chi connectivity index (χ2v) is 7.16. The van der Waals surface area contributed by atoms with E-state index in [2.05, 4.69) is 70.8 Å². The zero-order valence-electron chi connectivity index (χ0n) is 16.3. The number of nitrogens with zero attached hydrogens (tertiary/aromatic N) is 1. The predicted molar refractivity (Wildman–Crippen MR) is 103 cm³/mol. The normalized spacial score (nSPS) is 11.4. The lowest BCUT2D eigenvalue weighted by Crippen LogP contribution is -2.36. The Kier molecular flexibility index (Phi) is 6.02. The number of hydrogen-bond donors (Lipinski definition) is 0. The molecular formula is C22H30NO2+. The molecule has 0 saturated carbocycles. The highest BCUT2D eigenvalue weighted by Crippen LogP contribution is 2.35. The molecule has 3 nitrogen and oxygen atoms in total. The van der Waals surface area contributed by atoms with Gasteiger partial charge in [0.1, 0.15) is 0 Å². The molecular weight excluding hydrogens is 310 g/mol. The van der Waals surface area contributed by atoms with Crippen LogP contribution in [-0.2, 0) is 14.9 Å². The van der Waals surface area contributed by atoms with E-state index in [0.717, 1.165) is 18.7 Å². The molecule has 0 fully saturated rings. The highest BCUT2D eigenvalue weighted by molar-refractivity contribution is 5.64. The molecule has 0 unspecified atom stereocenters. The fourth-order valence-electron chi connectivity index (χ4n) is 3.05. The summed E-state index contributed by atoms with van der Waals surface area (Å²) in [5, 5.41) is 0. The highest BCUT2D eigenvalue weighted by atomic mass is 16.5. The summed E-state index contributed by atoms with van der Waals surface area (Å²) in [5.41, 5.74) is 6.05. The number of aryl methyl sites for hydroxylation is 2. The molecule has 0 aliphatic carbocycles. The smallest absolute Gasteiger partial charge is 0.366 e. The van der Waals surface area contributed by atoms with Crippen LogP contribution in [0.4, 0.5) is 0 Å². The van der Waals surface area contributed by atoms with E-state index in [4.69, 9.17) is 9.47 Å². The lowest BCUT2D eigenvalue weighted by Gasteiger charge is -2.27. The van der Waals surface area contributed by atoms with E-state index in [9.17, 15) is 0 Å². The van der Waals surface area contributed by atoms with Crippen molar-refractivity contribution in [3.63, 3.8) is 0 Å². The summed E-state index contributed by atoms with van der Waals surface area (Å²) in [6, 6.07) is 10.8. The van der Waals surface area contributed by atoms with Crippen LogP contribution in [0.2, 0.25) is 0 Å². The first-order chi connectivity index (χ1) is 11.8. The molecule has 0 aliphatic rings. The standard InChI is InChI=1S/C22H30NO2/c1-16-14-21(23(15-17(16)2)18(3)25-7)19-10-8-9-11-20(19)22(4,5)12-13-24-6/h8-11,14-15H,3,12-13H2,1-2,4-7H3/q+1. The molecule has 0 N–H and O–H groups in total. The minimum absolute atomic E-state index is 0.00235. The Hall–Kier alpha value is -2.13. The van der Waals surface area contributed by atoms with Gasteiger partial charge in [-0.05, 0) is 42.9 Å². The van der Waals surface area contributed by atoms with Crippen molar-refractivity contribution in [1.82, 2.24) is 0 Å². The van der Waals surface area contributed by atoms with Crippen LogP contribution in [0.5, 0.6) is 0 Å². The van der Waals surface area contributed by atoms with Crippen molar-refractivity contribution >= 4 is 5.88 Å². The number of aromatic nitrogens is 1. The largest absolute Gasteiger partial charge is 0.448 e. The van der Waals surface area contributed by atoms with Gasteiger partial charge in [-0.2, -0.15) is 0 Å². The first-order valence-corrected chi connectivity index (χ1v) is 8.67. The monoisotopic (exact) mass is 340 g/mol. The zero-order chi connectivity index (χ0) is 18.6. The third-order valence-electron chi connectivity index (χ3n) is 4.93. The minimum Gasteiger partial charge on any atom is -0.448 e. The van der Waals surface area contributed by atoms with Gasteiger partial charge in [-0.15, -0.1) is 4.57 Å². The SMILES string of the molecule is C=C(OC)[n+]1cc(C)c(C)cc1-c1ccccc1C(C)(C)CCOC. The van der Waals surface area contributed by atoms with E-state index < -0.39 is 0 Å². The molecule has 0 saturated heterocycles. The third-order valence-corrected chi connectivity index (χ3v) is 4.93. The number of rotatable bonds is 7. The molecule has 2 rings (SSSR count). The van der Waals surface area contributed by atoms with E-state index >= 15 is 0 Å². The summed E-state index contributed by atoms with van der Waals surface area (Å²) < 4.78 is 12.8. The maximum absolute atomic E-state index is 5.43. The number of methoxy groups -OCH3 is 2. The van der Waals surface area contributed by atoms with Gasteiger partial charge in [-0.3, -0.25) is 0 Å².